The van der Waals surface area contributed by atoms with E-state index >= 15 is 0 Å². The number of hydrogen-bond donors (Lipinski definition) is 2. The Labute approximate surface area is 133 Å². The van der Waals surface area contributed by atoms with Crippen molar-refractivity contribution >= 4 is 32.6 Å². The third-order valence-corrected chi connectivity index (χ3v) is 3.83. The van der Waals surface area contributed by atoms with Gasteiger partial charge in [0.15, 0.2) is 5.65 Å². The van der Waals surface area contributed by atoms with E-state index in [1.54, 1.807) is 29.1 Å². The van der Waals surface area contributed by atoms with E-state index in [1.165, 1.54) is 6.33 Å². The molecular weight excluding hydrogens is 316 g/mol. The number of nitrogens with one attached hydrogen (secondary N) is 2. The van der Waals surface area contributed by atoms with Crippen molar-refractivity contribution in [2.45, 2.75) is 6.54 Å². The normalized spacial score (nSPS) is 11.6. The minimum absolute atomic E-state index is 0.500. The zero-order valence-corrected chi connectivity index (χ0v) is 13.5. The van der Waals surface area contributed by atoms with Gasteiger partial charge in [0.2, 0.25) is 10.0 Å². The Morgan fingerprint density at radius 3 is 2.87 bits per heavy atom. The van der Waals surface area contributed by atoms with Crippen LogP contribution in [0.1, 0.15) is 5.56 Å². The number of aromatic nitrogens is 4. The molecule has 23 heavy (non-hydrogen) atoms. The molecule has 0 atom stereocenters. The van der Waals surface area contributed by atoms with Crippen LogP contribution in [-0.4, -0.2) is 34.4 Å². The first-order valence-corrected chi connectivity index (χ1v) is 8.75. The van der Waals surface area contributed by atoms with E-state index in [0.717, 1.165) is 22.9 Å². The average molecular weight is 332 g/mol. The summed E-state index contributed by atoms with van der Waals surface area (Å²) in [5.41, 5.74) is 2.20. The van der Waals surface area contributed by atoms with Crippen molar-refractivity contribution in [2.75, 3.05) is 16.3 Å². The molecule has 0 unspecified atom stereocenters. The third kappa shape index (κ3) is 3.57. The Morgan fingerprint density at radius 2 is 2.09 bits per heavy atom. The van der Waals surface area contributed by atoms with E-state index in [9.17, 15) is 8.42 Å². The van der Waals surface area contributed by atoms with Crippen LogP contribution in [0.15, 0.2) is 36.8 Å². The fraction of sp³-hybridized carbons (Fsp3) is 0.214. The molecule has 120 valence electrons. The molecule has 0 spiro atoms. The maximum Gasteiger partial charge on any atom is 0.229 e. The number of nitrogens with zero attached hydrogens (tertiary/aromatic N) is 4. The van der Waals surface area contributed by atoms with E-state index < -0.39 is 10.0 Å². The van der Waals surface area contributed by atoms with Crippen molar-refractivity contribution < 1.29 is 8.42 Å². The van der Waals surface area contributed by atoms with E-state index in [-0.39, 0.29) is 0 Å². The number of sulfonamides is 1. The number of hydrogen-bond acceptors (Lipinski definition) is 6. The molecule has 0 aliphatic carbocycles. The summed E-state index contributed by atoms with van der Waals surface area (Å²) in [5, 5.41) is 8.22. The molecule has 2 heterocycles. The molecule has 0 fully saturated rings. The SMILES string of the molecule is Cn1ncc2c(NCc3cccc(NS(C)(=O)=O)c3)ncnc21. The summed E-state index contributed by atoms with van der Waals surface area (Å²) < 4.78 is 26.7. The van der Waals surface area contributed by atoms with Crippen molar-refractivity contribution in [3.05, 3.63) is 42.4 Å². The quantitative estimate of drug-likeness (QED) is 0.731. The second-order valence-electron chi connectivity index (χ2n) is 5.16. The molecule has 0 bridgehead atoms. The molecule has 2 aromatic heterocycles. The lowest BCUT2D eigenvalue weighted by Crippen LogP contribution is -2.10. The van der Waals surface area contributed by atoms with Gasteiger partial charge in [-0.15, -0.1) is 0 Å². The van der Waals surface area contributed by atoms with Crippen LogP contribution in [0.25, 0.3) is 11.0 Å². The van der Waals surface area contributed by atoms with Crippen molar-refractivity contribution in [3.63, 3.8) is 0 Å². The number of rotatable bonds is 5. The van der Waals surface area contributed by atoms with Crippen molar-refractivity contribution in [1.82, 2.24) is 19.7 Å². The molecule has 8 nitrogen and oxygen atoms in total. The van der Waals surface area contributed by atoms with Gasteiger partial charge in [0, 0.05) is 19.3 Å². The van der Waals surface area contributed by atoms with Gasteiger partial charge in [0.25, 0.3) is 0 Å². The van der Waals surface area contributed by atoms with Gasteiger partial charge in [0.1, 0.15) is 12.1 Å². The number of benzene rings is 1. The zero-order chi connectivity index (χ0) is 16.4. The molecule has 1 aromatic carbocycles. The molecule has 0 saturated heterocycles. The largest absolute Gasteiger partial charge is 0.365 e. The highest BCUT2D eigenvalue weighted by Gasteiger charge is 2.08. The van der Waals surface area contributed by atoms with E-state index in [4.69, 9.17) is 0 Å². The number of fused-ring (bicyclic) bond motifs is 1. The molecule has 0 saturated carbocycles. The number of anilines is 2. The summed E-state index contributed by atoms with van der Waals surface area (Å²) in [4.78, 5) is 8.41. The molecule has 3 rings (SSSR count). The topological polar surface area (TPSA) is 102 Å². The minimum Gasteiger partial charge on any atom is -0.365 e. The minimum atomic E-state index is -3.29. The second kappa shape index (κ2) is 5.84. The van der Waals surface area contributed by atoms with Crippen LogP contribution in [0.2, 0.25) is 0 Å². The van der Waals surface area contributed by atoms with Gasteiger partial charge < -0.3 is 5.32 Å². The first-order chi connectivity index (χ1) is 10.9. The molecular formula is C14H16N6O2S. The summed E-state index contributed by atoms with van der Waals surface area (Å²) in [6, 6.07) is 7.18. The van der Waals surface area contributed by atoms with Gasteiger partial charge in [-0.3, -0.25) is 9.40 Å². The van der Waals surface area contributed by atoms with Crippen LogP contribution < -0.4 is 10.0 Å². The van der Waals surface area contributed by atoms with Gasteiger partial charge in [-0.05, 0) is 17.7 Å². The van der Waals surface area contributed by atoms with Gasteiger partial charge in [-0.25, -0.2) is 18.4 Å². The Balaban J connectivity index is 1.79. The van der Waals surface area contributed by atoms with E-state index in [1.807, 2.05) is 13.1 Å². The maximum atomic E-state index is 11.3. The molecule has 2 N–H and O–H groups in total. The van der Waals surface area contributed by atoms with Crippen molar-refractivity contribution in [1.29, 1.82) is 0 Å². The number of aryl methyl sites for hydroxylation is 1. The van der Waals surface area contributed by atoms with Crippen LogP contribution >= 0.6 is 0 Å². The highest BCUT2D eigenvalue weighted by Crippen LogP contribution is 2.19. The van der Waals surface area contributed by atoms with Gasteiger partial charge in [0.05, 0.1) is 17.8 Å². The second-order valence-corrected chi connectivity index (χ2v) is 6.90. The average Bonchev–Trinajstić information content (AvgIpc) is 2.86. The predicted molar refractivity (Wildman–Crippen MR) is 88.5 cm³/mol. The highest BCUT2D eigenvalue weighted by atomic mass is 32.2. The standard InChI is InChI=1S/C14H16N6O2S/c1-20-14-12(8-18-20)13(16-9-17-14)15-7-10-4-3-5-11(6-10)19-23(2,21)22/h3-6,8-9,19H,7H2,1-2H3,(H,15,16,17). The van der Waals surface area contributed by atoms with Crippen LogP contribution in [-0.2, 0) is 23.6 Å². The van der Waals surface area contributed by atoms with Crippen LogP contribution in [0.4, 0.5) is 11.5 Å². The molecule has 0 aliphatic heterocycles. The van der Waals surface area contributed by atoms with E-state index in [2.05, 4.69) is 25.1 Å². The van der Waals surface area contributed by atoms with Crippen LogP contribution in [0.3, 0.4) is 0 Å². The predicted octanol–water partition coefficient (Wildman–Crippen LogP) is 1.35. The van der Waals surface area contributed by atoms with Gasteiger partial charge in [-0.2, -0.15) is 5.10 Å². The molecule has 0 amide bonds. The summed E-state index contributed by atoms with van der Waals surface area (Å²) in [7, 11) is -1.47. The summed E-state index contributed by atoms with van der Waals surface area (Å²) in [6.07, 6.45) is 4.31. The van der Waals surface area contributed by atoms with Crippen LogP contribution in [0.5, 0.6) is 0 Å². The fourth-order valence-electron chi connectivity index (χ4n) is 2.25. The summed E-state index contributed by atoms with van der Waals surface area (Å²) >= 11 is 0. The van der Waals surface area contributed by atoms with Crippen molar-refractivity contribution in [3.8, 4) is 0 Å². The fourth-order valence-corrected chi connectivity index (χ4v) is 2.80. The lowest BCUT2D eigenvalue weighted by molar-refractivity contribution is 0.607. The molecule has 0 radical (unpaired) electrons. The smallest absolute Gasteiger partial charge is 0.229 e. The summed E-state index contributed by atoms with van der Waals surface area (Å²) in [6.45, 7) is 0.500. The monoisotopic (exact) mass is 332 g/mol. The maximum absolute atomic E-state index is 11.3. The van der Waals surface area contributed by atoms with Gasteiger partial charge >= 0.3 is 0 Å². The third-order valence-electron chi connectivity index (χ3n) is 3.22. The lowest BCUT2D eigenvalue weighted by Gasteiger charge is -2.09. The Morgan fingerprint density at radius 1 is 1.26 bits per heavy atom. The molecule has 0 aliphatic rings. The Hall–Kier alpha value is -2.68. The Kier molecular flexibility index (Phi) is 3.87. The zero-order valence-electron chi connectivity index (χ0n) is 12.7. The first kappa shape index (κ1) is 15.2. The Bertz CT molecular complexity index is 951. The van der Waals surface area contributed by atoms with Crippen molar-refractivity contribution in [2.24, 2.45) is 7.05 Å². The lowest BCUT2D eigenvalue weighted by atomic mass is 10.2. The first-order valence-electron chi connectivity index (χ1n) is 6.86. The summed E-state index contributed by atoms with van der Waals surface area (Å²) in [5.74, 6) is 0.685. The highest BCUT2D eigenvalue weighted by molar-refractivity contribution is 7.92. The molecule has 9 heteroatoms. The van der Waals surface area contributed by atoms with Crippen LogP contribution in [0, 0.1) is 0 Å². The van der Waals surface area contributed by atoms with E-state index in [0.29, 0.717) is 18.1 Å². The molecule has 3 aromatic rings. The van der Waals surface area contributed by atoms with Gasteiger partial charge in [-0.1, -0.05) is 12.1 Å².